The van der Waals surface area contributed by atoms with E-state index in [1.54, 1.807) is 0 Å². The van der Waals surface area contributed by atoms with Gasteiger partial charge in [-0.1, -0.05) is 53.6 Å². The van der Waals surface area contributed by atoms with E-state index >= 15 is 0 Å². The fourth-order valence-electron chi connectivity index (χ4n) is 1.94. The van der Waals surface area contributed by atoms with Crippen molar-refractivity contribution in [3.05, 3.63) is 70.2 Å². The highest BCUT2D eigenvalue weighted by atomic mass is 35.5. The Kier molecular flexibility index (Phi) is 4.22. The van der Waals surface area contributed by atoms with E-state index in [0.717, 1.165) is 17.9 Å². The smallest absolute Gasteiger partial charge is 0.0408 e. The maximum atomic E-state index is 5.96. The van der Waals surface area contributed by atoms with E-state index in [1.165, 1.54) is 23.1 Å². The zero-order valence-corrected chi connectivity index (χ0v) is 10.9. The minimum Gasteiger partial charge on any atom is -0.0843 e. The summed E-state index contributed by atoms with van der Waals surface area (Å²) in [6.45, 7) is 2.12. The molecule has 0 radical (unpaired) electrons. The first-order valence-electron chi connectivity index (χ1n) is 6.04. The van der Waals surface area contributed by atoms with E-state index in [4.69, 9.17) is 11.6 Å². The predicted octanol–water partition coefficient (Wildman–Crippen LogP) is 4.82. The number of rotatable bonds is 4. The Labute approximate surface area is 108 Å². The second kappa shape index (κ2) is 5.88. The molecule has 0 unspecified atom stereocenters. The largest absolute Gasteiger partial charge is 0.0843 e. The van der Waals surface area contributed by atoms with E-state index in [0.29, 0.717) is 0 Å². The second-order valence-corrected chi connectivity index (χ2v) is 4.91. The molecule has 2 rings (SSSR count). The maximum absolute atomic E-state index is 5.96. The Morgan fingerprint density at radius 2 is 1.59 bits per heavy atom. The molecule has 0 aliphatic carbocycles. The minimum atomic E-state index is 0.831. The predicted molar refractivity (Wildman–Crippen MR) is 74.7 cm³/mol. The summed E-state index contributed by atoms with van der Waals surface area (Å²) in [5, 5.41) is 0.831. The van der Waals surface area contributed by atoms with Gasteiger partial charge in [-0.3, -0.25) is 0 Å². The molecule has 0 saturated carbocycles. The van der Waals surface area contributed by atoms with Gasteiger partial charge in [-0.15, -0.1) is 0 Å². The van der Waals surface area contributed by atoms with Crippen LogP contribution in [0.3, 0.4) is 0 Å². The normalized spacial score (nSPS) is 10.5. The van der Waals surface area contributed by atoms with Gasteiger partial charge in [0.05, 0.1) is 0 Å². The first kappa shape index (κ1) is 12.2. The molecule has 17 heavy (non-hydrogen) atoms. The van der Waals surface area contributed by atoms with Crippen LogP contribution in [0.5, 0.6) is 0 Å². The van der Waals surface area contributed by atoms with Crippen molar-refractivity contribution in [1.29, 1.82) is 0 Å². The number of hydrogen-bond acceptors (Lipinski definition) is 0. The standard InChI is InChI=1S/C16H17Cl/c1-13-8-10-14(11-9-13)4-2-5-15-6-3-7-16(17)12-15/h3,6-12H,2,4-5H2,1H3. The lowest BCUT2D eigenvalue weighted by atomic mass is 10.0. The molecular weight excluding hydrogens is 228 g/mol. The van der Waals surface area contributed by atoms with E-state index in [-0.39, 0.29) is 0 Å². The van der Waals surface area contributed by atoms with Gasteiger partial charge in [0.2, 0.25) is 0 Å². The van der Waals surface area contributed by atoms with E-state index in [9.17, 15) is 0 Å². The highest BCUT2D eigenvalue weighted by Crippen LogP contribution is 2.14. The summed E-state index contributed by atoms with van der Waals surface area (Å²) in [6.07, 6.45) is 3.39. The Morgan fingerprint density at radius 3 is 2.29 bits per heavy atom. The first-order valence-corrected chi connectivity index (χ1v) is 6.42. The molecule has 0 spiro atoms. The Morgan fingerprint density at radius 1 is 0.882 bits per heavy atom. The molecule has 0 aliphatic rings. The quantitative estimate of drug-likeness (QED) is 0.723. The Balaban J connectivity index is 1.85. The molecule has 0 heterocycles. The summed E-state index contributed by atoms with van der Waals surface area (Å²) in [5.41, 5.74) is 4.06. The van der Waals surface area contributed by atoms with Crippen LogP contribution >= 0.6 is 11.6 Å². The van der Waals surface area contributed by atoms with Gasteiger partial charge in [-0.05, 0) is 49.4 Å². The van der Waals surface area contributed by atoms with E-state index < -0.39 is 0 Å². The van der Waals surface area contributed by atoms with Crippen LogP contribution in [0.1, 0.15) is 23.1 Å². The van der Waals surface area contributed by atoms with Crippen LogP contribution in [0.15, 0.2) is 48.5 Å². The van der Waals surface area contributed by atoms with Gasteiger partial charge in [0, 0.05) is 5.02 Å². The molecule has 0 N–H and O–H groups in total. The number of hydrogen-bond donors (Lipinski definition) is 0. The van der Waals surface area contributed by atoms with Gasteiger partial charge in [-0.2, -0.15) is 0 Å². The Bertz CT molecular complexity index is 471. The molecule has 1 heteroatoms. The third-order valence-corrected chi connectivity index (χ3v) is 3.18. The van der Waals surface area contributed by atoms with Crippen molar-refractivity contribution in [3.8, 4) is 0 Å². The van der Waals surface area contributed by atoms with E-state index in [1.807, 2.05) is 12.1 Å². The lowest BCUT2D eigenvalue weighted by Gasteiger charge is -2.03. The van der Waals surface area contributed by atoms with Crippen LogP contribution in [-0.2, 0) is 12.8 Å². The fourth-order valence-corrected chi connectivity index (χ4v) is 2.16. The lowest BCUT2D eigenvalue weighted by molar-refractivity contribution is 0.820. The van der Waals surface area contributed by atoms with Gasteiger partial charge in [0.15, 0.2) is 0 Å². The van der Waals surface area contributed by atoms with Gasteiger partial charge in [-0.25, -0.2) is 0 Å². The molecule has 0 aliphatic heterocycles. The van der Waals surface area contributed by atoms with Crippen LogP contribution in [0, 0.1) is 6.92 Å². The van der Waals surface area contributed by atoms with Crippen molar-refractivity contribution in [3.63, 3.8) is 0 Å². The van der Waals surface area contributed by atoms with Crippen molar-refractivity contribution in [2.75, 3.05) is 0 Å². The summed E-state index contributed by atoms with van der Waals surface area (Å²) in [7, 11) is 0. The number of halogens is 1. The highest BCUT2D eigenvalue weighted by molar-refractivity contribution is 6.30. The first-order chi connectivity index (χ1) is 8.24. The van der Waals surface area contributed by atoms with Crippen LogP contribution in [0.25, 0.3) is 0 Å². The number of benzene rings is 2. The molecule has 0 atom stereocenters. The van der Waals surface area contributed by atoms with Gasteiger partial charge >= 0.3 is 0 Å². The summed E-state index contributed by atoms with van der Waals surface area (Å²) < 4.78 is 0. The average molecular weight is 245 g/mol. The molecule has 0 fully saturated rings. The average Bonchev–Trinajstić information content (AvgIpc) is 2.32. The van der Waals surface area contributed by atoms with Crippen LogP contribution in [-0.4, -0.2) is 0 Å². The molecule has 0 amide bonds. The van der Waals surface area contributed by atoms with Gasteiger partial charge in [0.1, 0.15) is 0 Å². The van der Waals surface area contributed by atoms with Crippen molar-refractivity contribution < 1.29 is 0 Å². The summed E-state index contributed by atoms with van der Waals surface area (Å²) in [4.78, 5) is 0. The van der Waals surface area contributed by atoms with E-state index in [2.05, 4.69) is 43.3 Å². The third-order valence-electron chi connectivity index (χ3n) is 2.94. The van der Waals surface area contributed by atoms with Crippen molar-refractivity contribution in [2.45, 2.75) is 26.2 Å². The molecule has 88 valence electrons. The van der Waals surface area contributed by atoms with Crippen LogP contribution in [0.2, 0.25) is 5.02 Å². The second-order valence-electron chi connectivity index (χ2n) is 4.47. The molecule has 0 aromatic heterocycles. The fraction of sp³-hybridized carbons (Fsp3) is 0.250. The molecule has 0 nitrogen and oxygen atoms in total. The zero-order chi connectivity index (χ0) is 12.1. The topological polar surface area (TPSA) is 0 Å². The highest BCUT2D eigenvalue weighted by Gasteiger charge is 1.96. The Hall–Kier alpha value is -1.27. The number of aryl methyl sites for hydroxylation is 3. The van der Waals surface area contributed by atoms with Gasteiger partial charge in [0.25, 0.3) is 0 Å². The van der Waals surface area contributed by atoms with Crippen LogP contribution in [0.4, 0.5) is 0 Å². The third kappa shape index (κ3) is 3.90. The molecule has 0 saturated heterocycles. The van der Waals surface area contributed by atoms with Crippen molar-refractivity contribution in [1.82, 2.24) is 0 Å². The molecule has 2 aromatic carbocycles. The minimum absolute atomic E-state index is 0.831. The van der Waals surface area contributed by atoms with Gasteiger partial charge < -0.3 is 0 Å². The van der Waals surface area contributed by atoms with Crippen molar-refractivity contribution in [2.24, 2.45) is 0 Å². The SMILES string of the molecule is Cc1ccc(CCCc2cccc(Cl)c2)cc1. The van der Waals surface area contributed by atoms with Crippen molar-refractivity contribution >= 4 is 11.6 Å². The monoisotopic (exact) mass is 244 g/mol. The maximum Gasteiger partial charge on any atom is 0.0408 e. The van der Waals surface area contributed by atoms with Crippen LogP contribution < -0.4 is 0 Å². The molecule has 2 aromatic rings. The summed E-state index contributed by atoms with van der Waals surface area (Å²) in [5.74, 6) is 0. The zero-order valence-electron chi connectivity index (χ0n) is 10.1. The molecule has 0 bridgehead atoms. The summed E-state index contributed by atoms with van der Waals surface area (Å²) >= 11 is 5.96. The lowest BCUT2D eigenvalue weighted by Crippen LogP contribution is -1.90. The molecular formula is C16H17Cl. The summed E-state index contributed by atoms with van der Waals surface area (Å²) in [6, 6.07) is 16.9.